The molecule has 0 radical (unpaired) electrons. The number of carbonyl (C=O) groups excluding carboxylic acids is 6. The second-order valence-electron chi connectivity index (χ2n) is 17.1. The Balaban J connectivity index is 1.07. The fourth-order valence-electron chi connectivity index (χ4n) is 8.41. The summed E-state index contributed by atoms with van der Waals surface area (Å²) in [4.78, 5) is 82.7. The summed E-state index contributed by atoms with van der Waals surface area (Å²) in [6.45, 7) is 5.48. The van der Waals surface area contributed by atoms with E-state index in [1.54, 1.807) is 17.0 Å². The van der Waals surface area contributed by atoms with Crippen molar-refractivity contribution in [3.63, 3.8) is 0 Å². The number of hydrogen-bond donors (Lipinski definition) is 5. The third-order valence-electron chi connectivity index (χ3n) is 12.3. The maximum Gasteiger partial charge on any atom is 0.253 e. The van der Waals surface area contributed by atoms with Gasteiger partial charge in [-0.25, -0.2) is 0 Å². The van der Waals surface area contributed by atoms with Crippen LogP contribution in [0.1, 0.15) is 135 Å². The Morgan fingerprint density at radius 2 is 1.10 bits per heavy atom. The Bertz CT molecular complexity index is 1870. The molecular formula is C49H64N6O6. The summed E-state index contributed by atoms with van der Waals surface area (Å²) < 4.78 is 0. The van der Waals surface area contributed by atoms with Crippen LogP contribution in [0.3, 0.4) is 0 Å². The first-order valence-electron chi connectivity index (χ1n) is 22.6. The lowest BCUT2D eigenvalue weighted by atomic mass is 9.94. The van der Waals surface area contributed by atoms with Gasteiger partial charge in [0.05, 0.1) is 11.8 Å². The lowest BCUT2D eigenvalue weighted by Gasteiger charge is -2.19. The van der Waals surface area contributed by atoms with Crippen LogP contribution in [0.25, 0.3) is 0 Å². The number of nitrogens with zero attached hydrogens (tertiary/aromatic N) is 1. The fourth-order valence-corrected chi connectivity index (χ4v) is 8.41. The van der Waals surface area contributed by atoms with Crippen molar-refractivity contribution in [1.29, 1.82) is 0 Å². The summed E-state index contributed by atoms with van der Waals surface area (Å²) in [7, 11) is 0. The van der Waals surface area contributed by atoms with E-state index in [1.165, 1.54) is 12.1 Å². The van der Waals surface area contributed by atoms with Crippen molar-refractivity contribution in [3.8, 4) is 0 Å². The van der Waals surface area contributed by atoms with Crippen molar-refractivity contribution in [1.82, 2.24) is 31.5 Å². The topological polar surface area (TPSA) is 166 Å². The van der Waals surface area contributed by atoms with Crippen LogP contribution in [0.15, 0.2) is 84.9 Å². The Morgan fingerprint density at radius 1 is 0.607 bits per heavy atom. The lowest BCUT2D eigenvalue weighted by molar-refractivity contribution is -0.133. The first-order valence-corrected chi connectivity index (χ1v) is 22.6. The SMILES string of the molecule is CCCCCCNC(=O)CC[C@@H](NC(=O)c1ccc(C(=O)N2C[C@@H](C(=O)N[C@H]3C[C@@H]3c3ccccc3)[C@H](C(=O)N[C@H]3C[C@@H]3c3ccccc3)C2)cc1)C(=O)NCCCCCC. The number of rotatable bonds is 23. The minimum absolute atomic E-state index is 0.0260. The zero-order valence-corrected chi connectivity index (χ0v) is 35.8. The average molecular weight is 833 g/mol. The molecule has 0 aromatic heterocycles. The number of benzene rings is 3. The second-order valence-corrected chi connectivity index (χ2v) is 17.1. The zero-order valence-electron chi connectivity index (χ0n) is 35.8. The standard InChI is InChI=1S/C49H64N6O6/c1-3-5-7-15-27-50-44(56)26-25-41(48(60)51-28-16-8-6-4-2)52-45(57)35-21-23-36(24-22-35)49(61)55-31-39(46(58)53-42-29-37(42)33-17-11-9-12-18-33)40(32-55)47(59)54-43-30-38(43)34-19-13-10-14-20-34/h9-14,17-24,37-43H,3-8,15-16,25-32H2,1-2H3,(H,50,56)(H,51,60)(H,52,57)(H,53,58)(H,54,59)/t37-,38-,39-,40-,41-,42+,43+/m1/s1. The van der Waals surface area contributed by atoms with Gasteiger partial charge in [0, 0.05) is 67.6 Å². The van der Waals surface area contributed by atoms with E-state index >= 15 is 0 Å². The highest BCUT2D eigenvalue weighted by molar-refractivity contribution is 6.00. The lowest BCUT2D eigenvalue weighted by Crippen LogP contribution is -2.47. The Hall–Kier alpha value is -5.52. The summed E-state index contributed by atoms with van der Waals surface area (Å²) in [6.07, 6.45) is 9.99. The molecule has 0 bridgehead atoms. The summed E-state index contributed by atoms with van der Waals surface area (Å²) in [6, 6.07) is 25.3. The molecule has 0 unspecified atom stereocenters. The van der Waals surface area contributed by atoms with Crippen LogP contribution in [0.4, 0.5) is 0 Å². The van der Waals surface area contributed by atoms with Crippen molar-refractivity contribution in [2.24, 2.45) is 11.8 Å². The van der Waals surface area contributed by atoms with Gasteiger partial charge in [-0.05, 0) is 67.5 Å². The Morgan fingerprint density at radius 3 is 1.61 bits per heavy atom. The molecule has 12 nitrogen and oxygen atoms in total. The van der Waals surface area contributed by atoms with E-state index in [2.05, 4.69) is 64.7 Å². The maximum atomic E-state index is 14.0. The molecular weight excluding hydrogens is 769 g/mol. The normalized spacial score (nSPS) is 21.8. The van der Waals surface area contributed by atoms with Gasteiger partial charge in [-0.3, -0.25) is 28.8 Å². The van der Waals surface area contributed by atoms with Gasteiger partial charge >= 0.3 is 0 Å². The van der Waals surface area contributed by atoms with Gasteiger partial charge in [0.25, 0.3) is 11.8 Å². The highest BCUT2D eigenvalue weighted by Gasteiger charge is 2.49. The molecule has 3 aromatic rings. The van der Waals surface area contributed by atoms with Crippen LogP contribution >= 0.6 is 0 Å². The van der Waals surface area contributed by atoms with Crippen molar-refractivity contribution in [2.75, 3.05) is 26.2 Å². The van der Waals surface area contributed by atoms with Gasteiger partial charge in [0.15, 0.2) is 0 Å². The predicted molar refractivity (Wildman–Crippen MR) is 236 cm³/mol. The number of hydrogen-bond acceptors (Lipinski definition) is 6. The van der Waals surface area contributed by atoms with Gasteiger partial charge in [-0.2, -0.15) is 0 Å². The van der Waals surface area contributed by atoms with Gasteiger partial charge < -0.3 is 31.5 Å². The minimum atomic E-state index is -0.918. The second kappa shape index (κ2) is 22.4. The molecule has 0 spiro atoms. The number of amides is 6. The number of unbranched alkanes of at least 4 members (excludes halogenated alkanes) is 6. The molecule has 326 valence electrons. The smallest absolute Gasteiger partial charge is 0.253 e. The van der Waals surface area contributed by atoms with Gasteiger partial charge in [0.2, 0.25) is 23.6 Å². The van der Waals surface area contributed by atoms with Crippen molar-refractivity contribution >= 4 is 35.4 Å². The highest BCUT2D eigenvalue weighted by atomic mass is 16.2. The maximum absolute atomic E-state index is 14.0. The number of carbonyl (C=O) groups is 6. The fraction of sp³-hybridized carbons (Fsp3) is 0.510. The van der Waals surface area contributed by atoms with Crippen molar-refractivity contribution < 1.29 is 28.8 Å². The molecule has 3 aliphatic rings. The largest absolute Gasteiger partial charge is 0.356 e. The summed E-state index contributed by atoms with van der Waals surface area (Å²) in [5, 5.41) is 15.0. The van der Waals surface area contributed by atoms with Crippen molar-refractivity contribution in [3.05, 3.63) is 107 Å². The van der Waals surface area contributed by atoms with E-state index in [0.29, 0.717) is 18.7 Å². The van der Waals surface area contributed by atoms with Crippen LogP contribution in [-0.4, -0.2) is 84.6 Å². The Kier molecular flexibility index (Phi) is 16.5. The van der Waals surface area contributed by atoms with E-state index in [-0.39, 0.29) is 84.9 Å². The molecule has 3 fully saturated rings. The predicted octanol–water partition coefficient (Wildman–Crippen LogP) is 5.99. The molecule has 6 rings (SSSR count). The van der Waals surface area contributed by atoms with E-state index in [9.17, 15) is 28.8 Å². The molecule has 2 saturated carbocycles. The molecule has 7 atom stereocenters. The molecule has 12 heteroatoms. The van der Waals surface area contributed by atoms with E-state index < -0.39 is 23.8 Å². The number of likely N-dealkylation sites (tertiary alicyclic amines) is 1. The monoisotopic (exact) mass is 832 g/mol. The first-order chi connectivity index (χ1) is 29.7. The van der Waals surface area contributed by atoms with E-state index in [0.717, 1.165) is 75.3 Å². The van der Waals surface area contributed by atoms with E-state index in [4.69, 9.17) is 0 Å². The van der Waals surface area contributed by atoms with Gasteiger partial charge in [0.1, 0.15) is 6.04 Å². The van der Waals surface area contributed by atoms with E-state index in [1.807, 2.05) is 36.4 Å². The average Bonchev–Trinajstić information content (AvgIpc) is 4.19. The van der Waals surface area contributed by atoms with Crippen LogP contribution < -0.4 is 26.6 Å². The molecule has 6 amide bonds. The first kappa shape index (κ1) is 45.0. The Labute approximate surface area is 360 Å². The van der Waals surface area contributed by atoms with Crippen LogP contribution in [0, 0.1) is 11.8 Å². The molecule has 2 aliphatic carbocycles. The zero-order chi connectivity index (χ0) is 43.1. The summed E-state index contributed by atoms with van der Waals surface area (Å²) in [5.41, 5.74) is 2.89. The van der Waals surface area contributed by atoms with Crippen LogP contribution in [0.2, 0.25) is 0 Å². The molecule has 1 aliphatic heterocycles. The van der Waals surface area contributed by atoms with Gasteiger partial charge in [-0.1, -0.05) is 113 Å². The minimum Gasteiger partial charge on any atom is -0.356 e. The molecule has 61 heavy (non-hydrogen) atoms. The van der Waals surface area contributed by atoms with Crippen LogP contribution in [-0.2, 0) is 19.2 Å². The van der Waals surface area contributed by atoms with Crippen molar-refractivity contribution in [2.45, 2.75) is 121 Å². The van der Waals surface area contributed by atoms with Gasteiger partial charge in [-0.15, -0.1) is 0 Å². The summed E-state index contributed by atoms with van der Waals surface area (Å²) >= 11 is 0. The quantitative estimate of drug-likeness (QED) is 0.0737. The molecule has 1 heterocycles. The third-order valence-corrected chi connectivity index (χ3v) is 12.3. The highest BCUT2D eigenvalue weighted by Crippen LogP contribution is 2.42. The third kappa shape index (κ3) is 13.0. The number of nitrogens with one attached hydrogen (secondary N) is 5. The molecule has 1 saturated heterocycles. The molecule has 3 aromatic carbocycles. The summed E-state index contributed by atoms with van der Waals surface area (Å²) in [5.74, 6) is -2.82. The van der Waals surface area contributed by atoms with Crippen LogP contribution in [0.5, 0.6) is 0 Å². The molecule has 5 N–H and O–H groups in total.